The van der Waals surface area contributed by atoms with Crippen molar-refractivity contribution in [2.45, 2.75) is 13.3 Å². The minimum atomic E-state index is -0.640. The number of carbonyl (C=O) groups is 2. The normalized spacial score (nSPS) is 37.9. The fourth-order valence-corrected chi connectivity index (χ4v) is 4.19. The predicted octanol–water partition coefficient (Wildman–Crippen LogP) is 2.09. The van der Waals surface area contributed by atoms with Crippen LogP contribution in [0.4, 0.5) is 5.69 Å². The van der Waals surface area contributed by atoms with Gasteiger partial charge in [-0.15, -0.1) is 0 Å². The van der Waals surface area contributed by atoms with Crippen molar-refractivity contribution in [3.05, 3.63) is 36.4 Å². The number of para-hydroxylation sites is 2. The van der Waals surface area contributed by atoms with Crippen LogP contribution < -0.4 is 4.90 Å². The molecule has 1 aliphatic heterocycles. The van der Waals surface area contributed by atoms with Gasteiger partial charge in [-0.1, -0.05) is 24.3 Å². The Hall–Kier alpha value is -2.10. The molecule has 1 heterocycles. The molecule has 4 rings (SSSR count). The lowest BCUT2D eigenvalue weighted by Gasteiger charge is -2.28. The summed E-state index contributed by atoms with van der Waals surface area (Å²) in [5.74, 6) is -0.341. The van der Waals surface area contributed by atoms with E-state index in [-0.39, 0.29) is 35.3 Å². The van der Waals surface area contributed by atoms with Crippen LogP contribution in [0.15, 0.2) is 36.4 Å². The number of allylic oxidation sites excluding steroid dienone is 2. The summed E-state index contributed by atoms with van der Waals surface area (Å²) >= 11 is 0. The van der Waals surface area contributed by atoms with E-state index in [2.05, 4.69) is 12.2 Å². The molecule has 1 aromatic carbocycles. The van der Waals surface area contributed by atoms with Crippen molar-refractivity contribution >= 4 is 17.5 Å². The number of fused-ring (bicyclic) bond motifs is 5. The number of imide groups is 1. The maximum Gasteiger partial charge on any atom is 0.241 e. The Morgan fingerprint density at radius 2 is 2.00 bits per heavy atom. The molecule has 1 aromatic rings. The number of amides is 2. The Balaban J connectivity index is 1.85. The van der Waals surface area contributed by atoms with Crippen LogP contribution in [0.2, 0.25) is 0 Å². The van der Waals surface area contributed by atoms with Gasteiger partial charge in [0.2, 0.25) is 11.8 Å². The van der Waals surface area contributed by atoms with Gasteiger partial charge >= 0.3 is 0 Å². The summed E-state index contributed by atoms with van der Waals surface area (Å²) in [4.78, 5) is 26.7. The highest BCUT2D eigenvalue weighted by molar-refractivity contribution is 6.25. The van der Waals surface area contributed by atoms with Gasteiger partial charge in [-0.05, 0) is 37.3 Å². The minimum absolute atomic E-state index is 0.0296. The van der Waals surface area contributed by atoms with Gasteiger partial charge in [0.1, 0.15) is 5.75 Å². The molecule has 2 amide bonds. The number of carbonyl (C=O) groups excluding carboxylic acids is 2. The van der Waals surface area contributed by atoms with Crippen LogP contribution in [0.3, 0.4) is 0 Å². The first-order chi connectivity index (χ1) is 9.55. The molecule has 0 aromatic heterocycles. The second-order valence-electron chi connectivity index (χ2n) is 6.12. The summed E-state index contributed by atoms with van der Waals surface area (Å²) in [7, 11) is 0. The molecule has 102 valence electrons. The molecule has 2 aliphatic carbocycles. The van der Waals surface area contributed by atoms with Crippen LogP contribution in [0.25, 0.3) is 0 Å². The lowest BCUT2D eigenvalue weighted by molar-refractivity contribution is -0.127. The molecular formula is C16H15NO3. The van der Waals surface area contributed by atoms with E-state index >= 15 is 0 Å². The van der Waals surface area contributed by atoms with Gasteiger partial charge in [-0.25, -0.2) is 4.90 Å². The Morgan fingerprint density at radius 1 is 1.25 bits per heavy atom. The second-order valence-corrected chi connectivity index (χ2v) is 6.12. The number of phenolic OH excluding ortho intramolecular Hbond substituents is 1. The Bertz CT molecular complexity index is 665. The highest BCUT2D eigenvalue weighted by atomic mass is 16.3. The van der Waals surface area contributed by atoms with E-state index in [1.54, 1.807) is 18.2 Å². The van der Waals surface area contributed by atoms with Crippen molar-refractivity contribution in [2.75, 3.05) is 4.90 Å². The third-order valence-corrected chi connectivity index (χ3v) is 5.23. The van der Waals surface area contributed by atoms with E-state index in [0.29, 0.717) is 5.69 Å². The van der Waals surface area contributed by atoms with Gasteiger partial charge in [-0.3, -0.25) is 9.59 Å². The number of nitrogens with zero attached hydrogens (tertiary/aromatic N) is 1. The lowest BCUT2D eigenvalue weighted by atomic mass is 9.71. The third kappa shape index (κ3) is 1.13. The minimum Gasteiger partial charge on any atom is -0.506 e. The molecule has 2 bridgehead atoms. The van der Waals surface area contributed by atoms with Crippen molar-refractivity contribution in [3.63, 3.8) is 0 Å². The monoisotopic (exact) mass is 269 g/mol. The first-order valence-electron chi connectivity index (χ1n) is 6.90. The van der Waals surface area contributed by atoms with Crippen LogP contribution in [0, 0.1) is 23.2 Å². The summed E-state index contributed by atoms with van der Waals surface area (Å²) in [5.41, 5.74) is -0.337. The number of aromatic hydroxyl groups is 1. The van der Waals surface area contributed by atoms with Crippen molar-refractivity contribution in [3.8, 4) is 5.75 Å². The van der Waals surface area contributed by atoms with Gasteiger partial charge in [-0.2, -0.15) is 0 Å². The lowest BCUT2D eigenvalue weighted by Crippen LogP contribution is -2.37. The zero-order valence-electron chi connectivity index (χ0n) is 11.1. The zero-order chi connectivity index (χ0) is 14.1. The van der Waals surface area contributed by atoms with Crippen molar-refractivity contribution in [2.24, 2.45) is 23.2 Å². The second kappa shape index (κ2) is 3.51. The first kappa shape index (κ1) is 11.7. The predicted molar refractivity (Wildman–Crippen MR) is 72.9 cm³/mol. The van der Waals surface area contributed by atoms with E-state index in [0.717, 1.165) is 6.42 Å². The number of phenols is 1. The summed E-state index contributed by atoms with van der Waals surface area (Å²) in [5, 5.41) is 9.94. The van der Waals surface area contributed by atoms with E-state index in [1.807, 2.05) is 6.92 Å². The van der Waals surface area contributed by atoms with Gasteiger partial charge in [0, 0.05) is 0 Å². The maximum absolute atomic E-state index is 12.8. The zero-order valence-corrected chi connectivity index (χ0v) is 11.1. The molecule has 20 heavy (non-hydrogen) atoms. The van der Waals surface area contributed by atoms with Gasteiger partial charge in [0.15, 0.2) is 0 Å². The molecule has 1 saturated heterocycles. The molecule has 0 radical (unpaired) electrons. The summed E-state index contributed by atoms with van der Waals surface area (Å²) in [6, 6.07) is 6.51. The van der Waals surface area contributed by atoms with Crippen LogP contribution in [0.5, 0.6) is 5.75 Å². The van der Waals surface area contributed by atoms with E-state index in [4.69, 9.17) is 0 Å². The van der Waals surface area contributed by atoms with E-state index in [1.165, 1.54) is 11.0 Å². The summed E-state index contributed by atoms with van der Waals surface area (Å²) in [6.45, 7) is 1.89. The molecule has 4 heteroatoms. The molecule has 3 aliphatic rings. The fourth-order valence-electron chi connectivity index (χ4n) is 4.19. The van der Waals surface area contributed by atoms with E-state index in [9.17, 15) is 14.7 Å². The maximum atomic E-state index is 12.8. The Kier molecular flexibility index (Phi) is 2.05. The van der Waals surface area contributed by atoms with Gasteiger partial charge in [0.05, 0.1) is 17.0 Å². The van der Waals surface area contributed by atoms with Crippen LogP contribution in [-0.4, -0.2) is 16.9 Å². The smallest absolute Gasteiger partial charge is 0.241 e. The topological polar surface area (TPSA) is 57.6 Å². The van der Waals surface area contributed by atoms with Crippen molar-refractivity contribution in [1.82, 2.24) is 0 Å². The number of benzene rings is 1. The molecule has 1 saturated carbocycles. The molecule has 1 N–H and O–H groups in total. The molecule has 0 unspecified atom stereocenters. The van der Waals surface area contributed by atoms with E-state index < -0.39 is 5.41 Å². The Morgan fingerprint density at radius 3 is 2.70 bits per heavy atom. The third-order valence-electron chi connectivity index (χ3n) is 5.23. The number of hydrogen-bond acceptors (Lipinski definition) is 3. The van der Waals surface area contributed by atoms with Gasteiger partial charge < -0.3 is 5.11 Å². The molecule has 4 nitrogen and oxygen atoms in total. The van der Waals surface area contributed by atoms with Crippen molar-refractivity contribution < 1.29 is 14.7 Å². The summed E-state index contributed by atoms with van der Waals surface area (Å²) in [6.07, 6.45) is 5.03. The quantitative estimate of drug-likeness (QED) is 0.627. The Labute approximate surface area is 116 Å². The first-order valence-corrected chi connectivity index (χ1v) is 6.90. The average Bonchev–Trinajstić information content (AvgIpc) is 3.05. The molecule has 2 fully saturated rings. The number of rotatable bonds is 1. The van der Waals surface area contributed by atoms with Crippen LogP contribution in [-0.2, 0) is 9.59 Å². The fraction of sp³-hybridized carbons (Fsp3) is 0.375. The number of anilines is 1. The van der Waals surface area contributed by atoms with Gasteiger partial charge in [0.25, 0.3) is 0 Å². The van der Waals surface area contributed by atoms with Crippen LogP contribution in [0.1, 0.15) is 13.3 Å². The largest absolute Gasteiger partial charge is 0.506 e. The van der Waals surface area contributed by atoms with Crippen LogP contribution >= 0.6 is 0 Å². The SMILES string of the molecule is C[C@]12C(=O)N(c3ccccc3O)C(=O)[C@H]1[C@H]1C=C[C@@H]2C1. The molecular weight excluding hydrogens is 254 g/mol. The molecule has 0 spiro atoms. The molecule has 4 atom stereocenters. The highest BCUT2D eigenvalue weighted by Crippen LogP contribution is 2.61. The highest BCUT2D eigenvalue weighted by Gasteiger charge is 2.67. The average molecular weight is 269 g/mol. The standard InChI is InChI=1S/C16H15NO3/c1-16-10-7-6-9(8-10)13(16)14(19)17(15(16)20)11-4-2-3-5-12(11)18/h2-7,9-10,13,18H,8H2,1H3/t9-,10+,13+,16+/m0/s1. The van der Waals surface area contributed by atoms with Crippen molar-refractivity contribution in [1.29, 1.82) is 0 Å². The summed E-state index contributed by atoms with van der Waals surface area (Å²) < 4.78 is 0. The number of hydrogen-bond donors (Lipinski definition) is 1.